The fourth-order valence-electron chi connectivity index (χ4n) is 4.49. The van der Waals surface area contributed by atoms with Crippen LogP contribution < -0.4 is 18.9 Å². The highest BCUT2D eigenvalue weighted by atomic mass is 16.5. The molecule has 0 unspecified atom stereocenters. The van der Waals surface area contributed by atoms with Crippen LogP contribution in [0.1, 0.15) is 83.0 Å². The van der Waals surface area contributed by atoms with E-state index >= 15 is 0 Å². The molecule has 50 heavy (non-hydrogen) atoms. The SMILES string of the molecule is C=CC(=O)OCCCCCCOc1ccc(C(=O)Oc2ccc(C(=O)Oc3ccc(C(=O)Oc4ccc(C)c(C=O)c4)cc3)cc2C=O)cc1. The van der Waals surface area contributed by atoms with Gasteiger partial charge < -0.3 is 23.7 Å². The average molecular weight is 679 g/mol. The number of carbonyl (C=O) groups excluding carboxylic acids is 6. The van der Waals surface area contributed by atoms with Crippen LogP contribution in [0, 0.1) is 6.92 Å². The lowest BCUT2D eigenvalue weighted by molar-refractivity contribution is -0.137. The summed E-state index contributed by atoms with van der Waals surface area (Å²) in [6.07, 6.45) is 5.62. The molecule has 4 rings (SSSR count). The van der Waals surface area contributed by atoms with Crippen molar-refractivity contribution in [1.29, 1.82) is 0 Å². The third-order valence-corrected chi connectivity index (χ3v) is 7.27. The number of hydrogen-bond acceptors (Lipinski definition) is 11. The highest BCUT2D eigenvalue weighted by molar-refractivity contribution is 5.96. The maximum atomic E-state index is 12.8. The standard InChI is InChI=1S/C39H34O11/c1-3-36(42)47-21-7-5-4-6-20-46-32-15-9-28(10-16-32)38(44)50-35-19-13-29(22-31(35)25-41)39(45)48-33-17-11-27(12-18-33)37(43)49-34-14-8-26(2)30(23-34)24-40/h3,8-19,22-25H,1,4-7,20-21H2,2H3. The van der Waals surface area contributed by atoms with Crippen LogP contribution in [0.3, 0.4) is 0 Å². The van der Waals surface area contributed by atoms with Crippen LogP contribution >= 0.6 is 0 Å². The molecule has 4 aromatic rings. The first-order valence-electron chi connectivity index (χ1n) is 15.6. The smallest absolute Gasteiger partial charge is 0.343 e. The molecule has 0 aliphatic heterocycles. The van der Waals surface area contributed by atoms with Gasteiger partial charge in [0.05, 0.1) is 35.5 Å². The zero-order valence-electron chi connectivity index (χ0n) is 27.3. The quantitative estimate of drug-likeness (QED) is 0.0376. The van der Waals surface area contributed by atoms with Gasteiger partial charge in [0.15, 0.2) is 6.29 Å². The van der Waals surface area contributed by atoms with Gasteiger partial charge in [-0.1, -0.05) is 12.6 Å². The van der Waals surface area contributed by atoms with Crippen molar-refractivity contribution in [2.75, 3.05) is 13.2 Å². The van der Waals surface area contributed by atoms with Gasteiger partial charge in [0.25, 0.3) is 0 Å². The topological polar surface area (TPSA) is 149 Å². The molecule has 0 saturated heterocycles. The Hall–Kier alpha value is -6.36. The first-order chi connectivity index (χ1) is 24.2. The van der Waals surface area contributed by atoms with Gasteiger partial charge in [0.1, 0.15) is 29.3 Å². The van der Waals surface area contributed by atoms with Crippen molar-refractivity contribution in [2.45, 2.75) is 32.6 Å². The largest absolute Gasteiger partial charge is 0.494 e. The van der Waals surface area contributed by atoms with Crippen LogP contribution in [-0.2, 0) is 9.53 Å². The minimum Gasteiger partial charge on any atom is -0.494 e. The molecule has 0 N–H and O–H groups in total. The maximum Gasteiger partial charge on any atom is 0.343 e. The Labute approximate surface area is 288 Å². The monoisotopic (exact) mass is 678 g/mol. The second-order valence-corrected chi connectivity index (χ2v) is 10.9. The molecule has 0 radical (unpaired) electrons. The number of benzene rings is 4. The first-order valence-corrected chi connectivity index (χ1v) is 15.6. The highest BCUT2D eigenvalue weighted by Gasteiger charge is 2.17. The molecule has 11 heteroatoms. The lowest BCUT2D eigenvalue weighted by Crippen LogP contribution is -2.12. The van der Waals surface area contributed by atoms with E-state index in [-0.39, 0.29) is 39.5 Å². The second kappa shape index (κ2) is 18.3. The van der Waals surface area contributed by atoms with E-state index in [1.54, 1.807) is 31.2 Å². The summed E-state index contributed by atoms with van der Waals surface area (Å²) in [5, 5.41) is 0. The maximum absolute atomic E-state index is 12.8. The average Bonchev–Trinajstić information content (AvgIpc) is 3.13. The van der Waals surface area contributed by atoms with Crippen LogP contribution in [0.2, 0.25) is 0 Å². The number of carbonyl (C=O) groups is 6. The lowest BCUT2D eigenvalue weighted by atomic mass is 10.1. The molecule has 0 amide bonds. The molecule has 0 atom stereocenters. The van der Waals surface area contributed by atoms with E-state index in [0.717, 1.165) is 37.3 Å². The van der Waals surface area contributed by atoms with E-state index in [9.17, 15) is 28.8 Å². The van der Waals surface area contributed by atoms with E-state index < -0.39 is 23.9 Å². The van der Waals surface area contributed by atoms with Gasteiger partial charge in [-0.2, -0.15) is 0 Å². The van der Waals surface area contributed by atoms with E-state index in [4.69, 9.17) is 23.7 Å². The van der Waals surface area contributed by atoms with Gasteiger partial charge in [0.2, 0.25) is 0 Å². The van der Waals surface area contributed by atoms with Crippen molar-refractivity contribution in [3.63, 3.8) is 0 Å². The molecule has 0 spiro atoms. The Bertz CT molecular complexity index is 1860. The van der Waals surface area contributed by atoms with Gasteiger partial charge in [0, 0.05) is 11.6 Å². The van der Waals surface area contributed by atoms with Gasteiger partial charge in [-0.3, -0.25) is 9.59 Å². The number of esters is 4. The Morgan fingerprint density at radius 3 is 1.76 bits per heavy atom. The van der Waals surface area contributed by atoms with Gasteiger partial charge in [-0.25, -0.2) is 19.2 Å². The van der Waals surface area contributed by atoms with Crippen LogP contribution in [0.15, 0.2) is 97.6 Å². The molecule has 0 bridgehead atoms. The Morgan fingerprint density at radius 1 is 0.580 bits per heavy atom. The predicted molar refractivity (Wildman–Crippen MR) is 181 cm³/mol. The fraction of sp³-hybridized carbons (Fsp3) is 0.179. The van der Waals surface area contributed by atoms with Crippen LogP contribution in [0.4, 0.5) is 0 Å². The summed E-state index contributed by atoms with van der Waals surface area (Å²) in [6, 6.07) is 20.6. The van der Waals surface area contributed by atoms with Crippen molar-refractivity contribution in [1.82, 2.24) is 0 Å². The van der Waals surface area contributed by atoms with Crippen molar-refractivity contribution in [2.24, 2.45) is 0 Å². The molecule has 11 nitrogen and oxygen atoms in total. The number of rotatable bonds is 17. The Balaban J connectivity index is 1.26. The van der Waals surface area contributed by atoms with Gasteiger partial charge in [-0.15, -0.1) is 0 Å². The molecule has 0 heterocycles. The number of unbranched alkanes of at least 4 members (excludes halogenated alkanes) is 3. The summed E-state index contributed by atoms with van der Waals surface area (Å²) in [4.78, 5) is 72.1. The third kappa shape index (κ3) is 10.6. The third-order valence-electron chi connectivity index (χ3n) is 7.27. The number of aldehydes is 2. The summed E-state index contributed by atoms with van der Waals surface area (Å²) in [5.74, 6) is -1.72. The normalized spacial score (nSPS) is 10.3. The summed E-state index contributed by atoms with van der Waals surface area (Å²) in [6.45, 7) is 5.95. The van der Waals surface area contributed by atoms with E-state index in [2.05, 4.69) is 6.58 Å². The molecular formula is C39H34O11. The minimum atomic E-state index is -0.785. The number of ether oxygens (including phenoxy) is 5. The van der Waals surface area contributed by atoms with Crippen LogP contribution in [-0.4, -0.2) is 49.7 Å². The van der Waals surface area contributed by atoms with Crippen molar-refractivity contribution < 1.29 is 52.5 Å². The fourth-order valence-corrected chi connectivity index (χ4v) is 4.49. The van der Waals surface area contributed by atoms with Crippen LogP contribution in [0.25, 0.3) is 0 Å². The van der Waals surface area contributed by atoms with E-state index in [1.165, 1.54) is 60.7 Å². The number of hydrogen-bond donors (Lipinski definition) is 0. The minimum absolute atomic E-state index is 0.0263. The molecule has 0 fully saturated rings. The van der Waals surface area contributed by atoms with Crippen molar-refractivity contribution in [3.8, 4) is 23.0 Å². The Morgan fingerprint density at radius 2 is 1.12 bits per heavy atom. The lowest BCUT2D eigenvalue weighted by Gasteiger charge is -2.10. The highest BCUT2D eigenvalue weighted by Crippen LogP contribution is 2.23. The molecule has 0 saturated carbocycles. The second-order valence-electron chi connectivity index (χ2n) is 10.9. The van der Waals surface area contributed by atoms with E-state index in [0.29, 0.717) is 37.1 Å². The Kier molecular flexibility index (Phi) is 13.3. The summed E-state index contributed by atoms with van der Waals surface area (Å²) >= 11 is 0. The zero-order chi connectivity index (χ0) is 35.9. The molecule has 0 aliphatic carbocycles. The van der Waals surface area contributed by atoms with E-state index in [1.807, 2.05) is 0 Å². The molecule has 0 aliphatic rings. The van der Waals surface area contributed by atoms with Crippen molar-refractivity contribution >= 4 is 36.4 Å². The predicted octanol–water partition coefficient (Wildman–Crippen LogP) is 6.95. The molecule has 0 aromatic heterocycles. The number of aryl methyl sites for hydroxylation is 1. The zero-order valence-corrected chi connectivity index (χ0v) is 27.3. The molecule has 4 aromatic carbocycles. The van der Waals surface area contributed by atoms with Gasteiger partial charge >= 0.3 is 23.9 Å². The summed E-state index contributed by atoms with van der Waals surface area (Å²) < 4.78 is 26.8. The summed E-state index contributed by atoms with van der Waals surface area (Å²) in [5.41, 5.74) is 1.54. The molecular weight excluding hydrogens is 644 g/mol. The van der Waals surface area contributed by atoms with Crippen LogP contribution in [0.5, 0.6) is 23.0 Å². The summed E-state index contributed by atoms with van der Waals surface area (Å²) in [7, 11) is 0. The van der Waals surface area contributed by atoms with Gasteiger partial charge in [-0.05, 0) is 117 Å². The molecule has 256 valence electrons. The van der Waals surface area contributed by atoms with Crippen molar-refractivity contribution in [3.05, 3.63) is 131 Å². The first kappa shape index (κ1) is 36.5.